The lowest BCUT2D eigenvalue weighted by atomic mass is 9.97. The lowest BCUT2D eigenvalue weighted by molar-refractivity contribution is 0.0730. The summed E-state index contributed by atoms with van der Waals surface area (Å²) < 4.78 is 5.45. The minimum atomic E-state index is -0.422. The zero-order valence-corrected chi connectivity index (χ0v) is 10.6. The number of nitrogens with one attached hydrogen (secondary N) is 1. The second kappa shape index (κ2) is 6.81. The Labute approximate surface area is 93.8 Å². The fourth-order valence-electron chi connectivity index (χ4n) is 1.54. The molecule has 88 valence electrons. The normalized spacial score (nSPS) is 15.3. The number of hydrogen-bond donors (Lipinski definition) is 1. The molecular weight excluding hydrogens is 188 g/mol. The SMILES string of the molecule is CC(C)NC(C)(C#N)CCCOC(C)C. The third kappa shape index (κ3) is 7.35. The summed E-state index contributed by atoms with van der Waals surface area (Å²) in [4.78, 5) is 0. The van der Waals surface area contributed by atoms with Crippen molar-refractivity contribution in [3.63, 3.8) is 0 Å². The molecule has 0 aliphatic heterocycles. The van der Waals surface area contributed by atoms with E-state index in [1.54, 1.807) is 0 Å². The summed E-state index contributed by atoms with van der Waals surface area (Å²) in [6, 6.07) is 2.67. The van der Waals surface area contributed by atoms with Gasteiger partial charge in [-0.25, -0.2) is 0 Å². The predicted octanol–water partition coefficient (Wildman–Crippen LogP) is 2.47. The van der Waals surface area contributed by atoms with Gasteiger partial charge in [-0.3, -0.25) is 5.32 Å². The molecule has 0 saturated carbocycles. The molecular formula is C12H24N2O. The highest BCUT2D eigenvalue weighted by Crippen LogP contribution is 2.12. The van der Waals surface area contributed by atoms with Crippen molar-refractivity contribution >= 4 is 0 Å². The van der Waals surface area contributed by atoms with Crippen molar-refractivity contribution in [2.45, 2.75) is 65.1 Å². The van der Waals surface area contributed by atoms with Gasteiger partial charge in [0.2, 0.25) is 0 Å². The molecule has 1 unspecified atom stereocenters. The Balaban J connectivity index is 3.84. The minimum absolute atomic E-state index is 0.274. The Morgan fingerprint density at radius 1 is 1.33 bits per heavy atom. The number of rotatable bonds is 7. The van der Waals surface area contributed by atoms with Crippen LogP contribution in [-0.2, 0) is 4.74 Å². The molecule has 0 aromatic heterocycles. The maximum Gasteiger partial charge on any atom is 0.104 e. The fourth-order valence-corrected chi connectivity index (χ4v) is 1.54. The van der Waals surface area contributed by atoms with Crippen LogP contribution in [0, 0.1) is 11.3 Å². The molecule has 0 fully saturated rings. The molecule has 0 radical (unpaired) electrons. The molecule has 1 N–H and O–H groups in total. The average Bonchev–Trinajstić information content (AvgIpc) is 2.11. The highest BCUT2D eigenvalue weighted by atomic mass is 16.5. The highest BCUT2D eigenvalue weighted by molar-refractivity contribution is 5.04. The van der Waals surface area contributed by atoms with Crippen LogP contribution in [-0.4, -0.2) is 24.3 Å². The summed E-state index contributed by atoms with van der Waals surface area (Å²) >= 11 is 0. The van der Waals surface area contributed by atoms with Crippen LogP contribution in [0.25, 0.3) is 0 Å². The van der Waals surface area contributed by atoms with Crippen LogP contribution in [0.15, 0.2) is 0 Å². The van der Waals surface area contributed by atoms with E-state index in [4.69, 9.17) is 10.00 Å². The average molecular weight is 212 g/mol. The number of nitriles is 1. The molecule has 0 bridgehead atoms. The van der Waals surface area contributed by atoms with Crippen molar-refractivity contribution in [3.05, 3.63) is 0 Å². The molecule has 3 heteroatoms. The molecule has 0 aliphatic carbocycles. The second-order valence-electron chi connectivity index (χ2n) is 4.77. The Morgan fingerprint density at radius 2 is 1.93 bits per heavy atom. The largest absolute Gasteiger partial charge is 0.379 e. The molecule has 0 aromatic carbocycles. The Bertz CT molecular complexity index is 208. The Hall–Kier alpha value is -0.590. The van der Waals surface area contributed by atoms with Gasteiger partial charge in [-0.1, -0.05) is 0 Å². The second-order valence-corrected chi connectivity index (χ2v) is 4.77. The van der Waals surface area contributed by atoms with E-state index in [9.17, 15) is 0 Å². The zero-order chi connectivity index (χ0) is 11.9. The van der Waals surface area contributed by atoms with Crippen LogP contribution in [0.2, 0.25) is 0 Å². The van der Waals surface area contributed by atoms with Gasteiger partial charge in [-0.15, -0.1) is 0 Å². The van der Waals surface area contributed by atoms with Gasteiger partial charge in [0.05, 0.1) is 12.2 Å². The fraction of sp³-hybridized carbons (Fsp3) is 0.917. The Kier molecular flexibility index (Phi) is 6.55. The highest BCUT2D eigenvalue weighted by Gasteiger charge is 2.23. The van der Waals surface area contributed by atoms with Crippen molar-refractivity contribution in [1.29, 1.82) is 5.26 Å². The molecule has 0 heterocycles. The van der Waals surface area contributed by atoms with E-state index in [2.05, 4.69) is 25.2 Å². The quantitative estimate of drug-likeness (QED) is 0.659. The van der Waals surface area contributed by atoms with Gasteiger partial charge < -0.3 is 4.74 Å². The van der Waals surface area contributed by atoms with Crippen LogP contribution < -0.4 is 5.32 Å². The predicted molar refractivity (Wildman–Crippen MR) is 62.6 cm³/mol. The first kappa shape index (κ1) is 14.4. The smallest absolute Gasteiger partial charge is 0.104 e. The van der Waals surface area contributed by atoms with Crippen LogP contribution >= 0.6 is 0 Å². The van der Waals surface area contributed by atoms with Gasteiger partial charge in [0.1, 0.15) is 5.54 Å². The maximum atomic E-state index is 9.09. The summed E-state index contributed by atoms with van der Waals surface area (Å²) in [5, 5.41) is 12.4. The van der Waals surface area contributed by atoms with Gasteiger partial charge in [-0.05, 0) is 47.5 Å². The molecule has 15 heavy (non-hydrogen) atoms. The van der Waals surface area contributed by atoms with Gasteiger partial charge in [0.15, 0.2) is 0 Å². The number of ether oxygens (including phenoxy) is 1. The summed E-state index contributed by atoms with van der Waals surface area (Å²) in [5.41, 5.74) is -0.422. The molecule has 0 aliphatic rings. The van der Waals surface area contributed by atoms with Gasteiger partial charge in [0, 0.05) is 12.6 Å². The summed E-state index contributed by atoms with van der Waals surface area (Å²) in [6.45, 7) is 10.8. The summed E-state index contributed by atoms with van der Waals surface area (Å²) in [7, 11) is 0. The molecule has 1 atom stereocenters. The van der Waals surface area contributed by atoms with Crippen LogP contribution in [0.4, 0.5) is 0 Å². The molecule has 3 nitrogen and oxygen atoms in total. The van der Waals surface area contributed by atoms with Crippen molar-refractivity contribution < 1.29 is 4.74 Å². The summed E-state index contributed by atoms with van der Waals surface area (Å²) in [6.07, 6.45) is 2.02. The third-order valence-corrected chi connectivity index (χ3v) is 2.13. The van der Waals surface area contributed by atoms with Gasteiger partial charge >= 0.3 is 0 Å². The first-order chi connectivity index (χ1) is 6.89. The van der Waals surface area contributed by atoms with Crippen LogP contribution in [0.3, 0.4) is 0 Å². The number of nitrogens with zero attached hydrogens (tertiary/aromatic N) is 1. The first-order valence-electron chi connectivity index (χ1n) is 5.70. The minimum Gasteiger partial charge on any atom is -0.379 e. The van der Waals surface area contributed by atoms with Crippen LogP contribution in [0.5, 0.6) is 0 Å². The lowest BCUT2D eigenvalue weighted by Gasteiger charge is -2.25. The molecule has 0 spiro atoms. The van der Waals surface area contributed by atoms with Gasteiger partial charge in [0.25, 0.3) is 0 Å². The van der Waals surface area contributed by atoms with Crippen molar-refractivity contribution in [1.82, 2.24) is 5.32 Å². The van der Waals surface area contributed by atoms with Crippen molar-refractivity contribution in [2.75, 3.05) is 6.61 Å². The van der Waals surface area contributed by atoms with Crippen molar-refractivity contribution in [3.8, 4) is 6.07 Å². The molecule has 0 amide bonds. The van der Waals surface area contributed by atoms with E-state index < -0.39 is 5.54 Å². The van der Waals surface area contributed by atoms with E-state index in [1.165, 1.54) is 0 Å². The van der Waals surface area contributed by atoms with E-state index >= 15 is 0 Å². The van der Waals surface area contributed by atoms with Crippen molar-refractivity contribution in [2.24, 2.45) is 0 Å². The standard InChI is InChI=1S/C12H24N2O/c1-10(2)14-12(5,9-13)7-6-8-15-11(3)4/h10-11,14H,6-8H2,1-5H3. The zero-order valence-electron chi connectivity index (χ0n) is 10.6. The first-order valence-corrected chi connectivity index (χ1v) is 5.70. The third-order valence-electron chi connectivity index (χ3n) is 2.13. The maximum absolute atomic E-state index is 9.09. The number of hydrogen-bond acceptors (Lipinski definition) is 3. The van der Waals surface area contributed by atoms with E-state index in [0.29, 0.717) is 6.04 Å². The van der Waals surface area contributed by atoms with E-state index in [1.807, 2.05) is 20.8 Å². The van der Waals surface area contributed by atoms with Gasteiger partial charge in [-0.2, -0.15) is 5.26 Å². The lowest BCUT2D eigenvalue weighted by Crippen LogP contribution is -2.45. The molecule has 0 saturated heterocycles. The Morgan fingerprint density at radius 3 is 2.33 bits per heavy atom. The monoisotopic (exact) mass is 212 g/mol. The molecule has 0 rings (SSSR count). The summed E-state index contributed by atoms with van der Waals surface area (Å²) in [5.74, 6) is 0. The topological polar surface area (TPSA) is 45.0 Å². The molecule has 0 aromatic rings. The van der Waals surface area contributed by atoms with Crippen LogP contribution in [0.1, 0.15) is 47.5 Å². The van der Waals surface area contributed by atoms with E-state index in [0.717, 1.165) is 19.4 Å². The van der Waals surface area contributed by atoms with E-state index in [-0.39, 0.29) is 6.10 Å².